The monoisotopic (exact) mass is 264 g/mol. The van der Waals surface area contributed by atoms with Gasteiger partial charge in [-0.05, 0) is 24.1 Å². The van der Waals surface area contributed by atoms with Gasteiger partial charge in [0.05, 0.1) is 0 Å². The summed E-state index contributed by atoms with van der Waals surface area (Å²) in [5, 5.41) is 15.1. The van der Waals surface area contributed by atoms with E-state index in [9.17, 15) is 5.11 Å². The molecular weight excluding hydrogens is 252 g/mol. The molecule has 0 fully saturated rings. The van der Waals surface area contributed by atoms with Gasteiger partial charge in [0.2, 0.25) is 0 Å². The molecule has 1 aromatic carbocycles. The van der Waals surface area contributed by atoms with Gasteiger partial charge in [0.1, 0.15) is 0 Å². The summed E-state index contributed by atoms with van der Waals surface area (Å²) in [6.07, 6.45) is 1.53. The first-order chi connectivity index (χ1) is 8.63. The van der Waals surface area contributed by atoms with Crippen LogP contribution in [0.25, 0.3) is 0 Å². The molecule has 2 aromatic rings. The van der Waals surface area contributed by atoms with Gasteiger partial charge in [0.25, 0.3) is 6.20 Å². The minimum absolute atomic E-state index is 0.204. The van der Waals surface area contributed by atoms with Crippen LogP contribution in [0.1, 0.15) is 0 Å². The van der Waals surface area contributed by atoms with Crippen molar-refractivity contribution < 1.29 is 14.3 Å². The molecule has 7 heteroatoms. The summed E-state index contributed by atoms with van der Waals surface area (Å²) in [4.78, 5) is 4.71. The minimum Gasteiger partial charge on any atom is -0.861 e. The number of benzene rings is 1. The third-order valence-corrected chi connectivity index (χ3v) is 2.99. The van der Waals surface area contributed by atoms with Crippen LogP contribution in [0.5, 0.6) is 0 Å². The van der Waals surface area contributed by atoms with Gasteiger partial charge in [-0.1, -0.05) is 10.7 Å². The highest BCUT2D eigenvalue weighted by molar-refractivity contribution is 8.00. The number of nitrogens with zero attached hydrogens (tertiary/aromatic N) is 3. The number of anilines is 1. The Morgan fingerprint density at radius 2 is 2.44 bits per heavy atom. The highest BCUT2D eigenvalue weighted by Gasteiger charge is 2.04. The molecule has 2 rings (SSSR count). The molecule has 0 atom stereocenters. The van der Waals surface area contributed by atoms with E-state index in [0.29, 0.717) is 5.69 Å². The maximum atomic E-state index is 11.6. The number of nitrogen functional groups attached to an aromatic ring is 1. The predicted molar refractivity (Wildman–Crippen MR) is 66.4 cm³/mol. The van der Waals surface area contributed by atoms with Gasteiger partial charge in [0, 0.05) is 16.3 Å². The molecule has 0 aliphatic rings. The molecular formula is C11H12N4O2S. The normalized spacial score (nSPS) is 11.7. The molecule has 0 aliphatic carbocycles. The lowest BCUT2D eigenvalue weighted by Gasteiger charge is -2.08. The van der Waals surface area contributed by atoms with Crippen molar-refractivity contribution in [2.24, 2.45) is 12.0 Å². The summed E-state index contributed by atoms with van der Waals surface area (Å²) in [6.45, 7) is 0. The molecule has 18 heavy (non-hydrogen) atoms. The quantitative estimate of drug-likeness (QED) is 0.281. The van der Waals surface area contributed by atoms with Crippen molar-refractivity contribution in [1.29, 1.82) is 0 Å². The Morgan fingerprint density at radius 1 is 1.61 bits per heavy atom. The van der Waals surface area contributed by atoms with Crippen LogP contribution in [0.2, 0.25) is 0 Å². The number of thioether (sulfide) groups is 1. The summed E-state index contributed by atoms with van der Waals surface area (Å²) in [7, 11) is 1.69. The van der Waals surface area contributed by atoms with Crippen molar-refractivity contribution in [3.8, 4) is 0 Å². The second-order valence-electron chi connectivity index (χ2n) is 3.58. The van der Waals surface area contributed by atoms with Crippen molar-refractivity contribution >= 4 is 29.2 Å². The standard InChI is InChI=1S/C11H12N4O2S/c1-15-6-11(17-14-15)13-10(16)7-18-9-4-2-3-8(12)5-9/h2-6H,7,12H2,1H3. The predicted octanol–water partition coefficient (Wildman–Crippen LogP) is 0.264. The molecule has 2 N–H and O–H groups in total. The van der Waals surface area contributed by atoms with Crippen LogP contribution in [0.4, 0.5) is 11.6 Å². The van der Waals surface area contributed by atoms with Crippen molar-refractivity contribution in [3.63, 3.8) is 0 Å². The smallest absolute Gasteiger partial charge is 0.320 e. The lowest BCUT2D eigenvalue weighted by Crippen LogP contribution is -2.27. The molecule has 1 heterocycles. The Kier molecular flexibility index (Phi) is 3.83. The SMILES string of the molecule is C[n+]1cc(/N=C(/[O-])CSc2cccc(N)c2)on1. The van der Waals surface area contributed by atoms with Crippen LogP contribution in [-0.4, -0.2) is 16.9 Å². The number of hydrogen-bond donors (Lipinski definition) is 1. The van der Waals surface area contributed by atoms with E-state index in [1.165, 1.54) is 22.6 Å². The maximum absolute atomic E-state index is 11.6. The number of aliphatic imine (C=N–C) groups is 1. The molecule has 0 radical (unpaired) electrons. The third kappa shape index (κ3) is 3.49. The largest absolute Gasteiger partial charge is 0.861 e. The van der Waals surface area contributed by atoms with Gasteiger partial charge in [-0.3, -0.25) is 4.52 Å². The fourth-order valence-corrected chi connectivity index (χ4v) is 2.02. The van der Waals surface area contributed by atoms with Gasteiger partial charge >= 0.3 is 5.88 Å². The van der Waals surface area contributed by atoms with Crippen LogP contribution in [0.3, 0.4) is 0 Å². The Balaban J connectivity index is 1.96. The number of hydrogen-bond acceptors (Lipinski definition) is 6. The van der Waals surface area contributed by atoms with Crippen LogP contribution >= 0.6 is 11.8 Å². The van der Waals surface area contributed by atoms with Gasteiger partial charge in [0.15, 0.2) is 12.3 Å². The Morgan fingerprint density at radius 3 is 3.11 bits per heavy atom. The summed E-state index contributed by atoms with van der Waals surface area (Å²) >= 11 is 1.38. The zero-order valence-electron chi connectivity index (χ0n) is 9.74. The number of aryl methyl sites for hydroxylation is 1. The molecule has 0 spiro atoms. The van der Waals surface area contributed by atoms with Gasteiger partial charge in [-0.25, -0.2) is 4.99 Å². The second kappa shape index (κ2) is 5.54. The van der Waals surface area contributed by atoms with E-state index in [1.807, 2.05) is 18.2 Å². The molecule has 0 saturated heterocycles. The molecule has 1 aromatic heterocycles. The Bertz CT molecular complexity index is 568. The van der Waals surface area contributed by atoms with Crippen molar-refractivity contribution in [2.75, 3.05) is 11.5 Å². The first-order valence-electron chi connectivity index (χ1n) is 5.19. The highest BCUT2D eigenvalue weighted by Crippen LogP contribution is 2.20. The zero-order chi connectivity index (χ0) is 13.0. The van der Waals surface area contributed by atoms with E-state index in [0.717, 1.165) is 4.90 Å². The van der Waals surface area contributed by atoms with Crippen LogP contribution < -0.4 is 15.5 Å². The van der Waals surface area contributed by atoms with Gasteiger partial charge in [-0.15, -0.1) is 11.8 Å². The van der Waals surface area contributed by atoms with Crippen molar-refractivity contribution in [3.05, 3.63) is 30.5 Å². The van der Waals surface area contributed by atoms with E-state index in [1.54, 1.807) is 13.1 Å². The first-order valence-corrected chi connectivity index (χ1v) is 6.17. The lowest BCUT2D eigenvalue weighted by atomic mass is 10.3. The average Bonchev–Trinajstić information content (AvgIpc) is 2.72. The zero-order valence-corrected chi connectivity index (χ0v) is 10.6. The van der Waals surface area contributed by atoms with E-state index in [2.05, 4.69) is 10.3 Å². The van der Waals surface area contributed by atoms with Gasteiger partial charge < -0.3 is 10.8 Å². The van der Waals surface area contributed by atoms with E-state index < -0.39 is 0 Å². The average molecular weight is 264 g/mol. The summed E-state index contributed by atoms with van der Waals surface area (Å²) in [6, 6.07) is 7.34. The first kappa shape index (κ1) is 12.4. The fraction of sp³-hybridized carbons (Fsp3) is 0.182. The molecule has 0 amide bonds. The third-order valence-electron chi connectivity index (χ3n) is 2.02. The molecule has 0 aliphatic heterocycles. The topological polar surface area (TPSA) is 91.3 Å². The van der Waals surface area contributed by atoms with E-state index in [-0.39, 0.29) is 17.5 Å². The van der Waals surface area contributed by atoms with E-state index in [4.69, 9.17) is 10.3 Å². The summed E-state index contributed by atoms with van der Waals surface area (Å²) < 4.78 is 6.24. The van der Waals surface area contributed by atoms with Crippen LogP contribution in [0.15, 0.2) is 44.9 Å². The van der Waals surface area contributed by atoms with Crippen LogP contribution in [0, 0.1) is 0 Å². The Hall–Kier alpha value is -2.02. The molecule has 0 saturated carbocycles. The van der Waals surface area contributed by atoms with Crippen LogP contribution in [-0.2, 0) is 7.05 Å². The molecule has 0 unspecified atom stereocenters. The lowest BCUT2D eigenvalue weighted by molar-refractivity contribution is -0.739. The van der Waals surface area contributed by atoms with Gasteiger partial charge in [-0.2, -0.15) is 0 Å². The number of nitrogens with two attached hydrogens (primary N) is 1. The molecule has 6 nitrogen and oxygen atoms in total. The summed E-state index contributed by atoms with van der Waals surface area (Å²) in [5.41, 5.74) is 6.32. The number of aromatic nitrogens is 2. The van der Waals surface area contributed by atoms with E-state index >= 15 is 0 Å². The summed E-state index contributed by atoms with van der Waals surface area (Å²) in [5.74, 6) is 0.156. The fourth-order valence-electron chi connectivity index (χ4n) is 1.27. The molecule has 94 valence electrons. The highest BCUT2D eigenvalue weighted by atomic mass is 32.2. The maximum Gasteiger partial charge on any atom is 0.320 e. The number of rotatable bonds is 4. The minimum atomic E-state index is -0.279. The molecule has 0 bridgehead atoms. The Labute approximate surface area is 108 Å². The van der Waals surface area contributed by atoms with Crippen molar-refractivity contribution in [2.45, 2.75) is 4.90 Å². The van der Waals surface area contributed by atoms with Crippen molar-refractivity contribution in [1.82, 2.24) is 5.27 Å². The second-order valence-corrected chi connectivity index (χ2v) is 4.63.